The fourth-order valence-corrected chi connectivity index (χ4v) is 1.70. The van der Waals surface area contributed by atoms with Gasteiger partial charge in [-0.2, -0.15) is 0 Å². The van der Waals surface area contributed by atoms with E-state index in [9.17, 15) is 14.4 Å². The van der Waals surface area contributed by atoms with Crippen LogP contribution in [0.5, 0.6) is 0 Å². The summed E-state index contributed by atoms with van der Waals surface area (Å²) in [5, 5.41) is 0. The van der Waals surface area contributed by atoms with E-state index in [1.807, 2.05) is 0 Å². The first kappa shape index (κ1) is 14.2. The summed E-state index contributed by atoms with van der Waals surface area (Å²) in [7, 11) is 0. The van der Waals surface area contributed by atoms with Gasteiger partial charge in [0.25, 0.3) is 0 Å². The first-order valence-corrected chi connectivity index (χ1v) is 5.84. The number of halogens is 1. The van der Waals surface area contributed by atoms with Crippen molar-refractivity contribution in [2.75, 3.05) is 5.88 Å². The van der Waals surface area contributed by atoms with E-state index < -0.39 is 17.1 Å². The number of hydrogen-bond acceptors (Lipinski definition) is 3. The molecule has 6 nitrogen and oxygen atoms in total. The van der Waals surface area contributed by atoms with Gasteiger partial charge in [0.05, 0.1) is 13.1 Å². The van der Waals surface area contributed by atoms with Crippen LogP contribution in [0.2, 0.25) is 0 Å². The second kappa shape index (κ2) is 6.20. The molecule has 7 heteroatoms. The smallest absolute Gasteiger partial charge is 0.247 e. The van der Waals surface area contributed by atoms with Crippen LogP contribution in [-0.2, 0) is 19.6 Å². The van der Waals surface area contributed by atoms with Gasteiger partial charge in [-0.1, -0.05) is 12.2 Å². The molecule has 0 radical (unpaired) electrons. The minimum Gasteiger partial charge on any atom is -0.247 e. The topological polar surface area (TPSA) is 66.0 Å². The van der Waals surface area contributed by atoms with Gasteiger partial charge in [-0.25, -0.2) is 28.1 Å². The normalized spacial score (nSPS) is 10.3. The van der Waals surface area contributed by atoms with Gasteiger partial charge in [0, 0.05) is 12.4 Å². The summed E-state index contributed by atoms with van der Waals surface area (Å²) in [4.78, 5) is 35.8. The zero-order valence-corrected chi connectivity index (χ0v) is 10.6. The largest absolute Gasteiger partial charge is 0.336 e. The van der Waals surface area contributed by atoms with Crippen molar-refractivity contribution in [2.45, 2.75) is 19.6 Å². The highest BCUT2D eigenvalue weighted by atomic mass is 35.5. The molecule has 0 bridgehead atoms. The maximum absolute atomic E-state index is 11.9. The standard InChI is InChI=1S/C11H14ClN3O3/c1-3-6-13-9(16)14(7-4-2)11(18)15(8-5-12)10(13)17/h3-4H,1-2,5-8H2. The molecule has 98 valence electrons. The Hall–Kier alpha value is -1.82. The quantitative estimate of drug-likeness (QED) is 0.531. The first-order chi connectivity index (χ1) is 8.58. The predicted octanol–water partition coefficient (Wildman–Crippen LogP) is -0.218. The van der Waals surface area contributed by atoms with Crippen LogP contribution in [0.15, 0.2) is 39.7 Å². The molecule has 0 saturated carbocycles. The first-order valence-electron chi connectivity index (χ1n) is 5.30. The number of alkyl halides is 1. The Kier molecular flexibility index (Phi) is 4.91. The summed E-state index contributed by atoms with van der Waals surface area (Å²) >= 11 is 5.54. The molecule has 0 aromatic carbocycles. The second-order valence-electron chi connectivity index (χ2n) is 3.49. The van der Waals surface area contributed by atoms with Crippen LogP contribution in [0, 0.1) is 0 Å². The molecule has 18 heavy (non-hydrogen) atoms. The van der Waals surface area contributed by atoms with E-state index in [0.29, 0.717) is 0 Å². The van der Waals surface area contributed by atoms with E-state index in [2.05, 4.69) is 13.2 Å². The van der Waals surface area contributed by atoms with Crippen molar-refractivity contribution in [3.63, 3.8) is 0 Å². The molecular formula is C11H14ClN3O3. The minimum absolute atomic E-state index is 0.0391. The lowest BCUT2D eigenvalue weighted by Gasteiger charge is -2.10. The Morgan fingerprint density at radius 1 is 0.889 bits per heavy atom. The Balaban J connectivity index is 3.69. The fraction of sp³-hybridized carbons (Fsp3) is 0.364. The minimum atomic E-state index is -0.675. The molecule has 1 aromatic heterocycles. The second-order valence-corrected chi connectivity index (χ2v) is 3.86. The van der Waals surface area contributed by atoms with Gasteiger partial charge < -0.3 is 0 Å². The number of hydrogen-bond donors (Lipinski definition) is 0. The molecule has 0 N–H and O–H groups in total. The Bertz CT molecular complexity index is 576. The van der Waals surface area contributed by atoms with Crippen molar-refractivity contribution < 1.29 is 0 Å². The van der Waals surface area contributed by atoms with E-state index >= 15 is 0 Å². The molecule has 0 atom stereocenters. The lowest BCUT2D eigenvalue weighted by atomic mass is 10.5. The van der Waals surface area contributed by atoms with Crippen LogP contribution in [0.1, 0.15) is 0 Å². The molecule has 0 spiro atoms. The molecule has 0 aliphatic rings. The molecule has 1 rings (SSSR count). The van der Waals surface area contributed by atoms with Gasteiger partial charge >= 0.3 is 17.1 Å². The highest BCUT2D eigenvalue weighted by molar-refractivity contribution is 6.17. The van der Waals surface area contributed by atoms with Gasteiger partial charge in [-0.3, -0.25) is 0 Å². The van der Waals surface area contributed by atoms with Crippen LogP contribution >= 0.6 is 11.6 Å². The third kappa shape index (κ3) is 2.53. The number of nitrogens with zero attached hydrogens (tertiary/aromatic N) is 3. The SMILES string of the molecule is C=CCn1c(=O)n(CC=C)c(=O)n(CCCl)c1=O. The molecule has 0 saturated heterocycles. The van der Waals surface area contributed by atoms with Gasteiger partial charge in [-0.15, -0.1) is 24.8 Å². The third-order valence-corrected chi connectivity index (χ3v) is 2.49. The average Bonchev–Trinajstić information content (AvgIpc) is 2.35. The Morgan fingerprint density at radius 3 is 1.61 bits per heavy atom. The van der Waals surface area contributed by atoms with Gasteiger partial charge in [0.1, 0.15) is 0 Å². The monoisotopic (exact) mass is 271 g/mol. The number of rotatable bonds is 6. The average molecular weight is 272 g/mol. The van der Waals surface area contributed by atoms with E-state index in [0.717, 1.165) is 13.7 Å². The highest BCUT2D eigenvalue weighted by Gasteiger charge is 2.13. The lowest BCUT2D eigenvalue weighted by Crippen LogP contribution is -2.54. The predicted molar refractivity (Wildman–Crippen MR) is 70.3 cm³/mol. The molecule has 1 aromatic rings. The van der Waals surface area contributed by atoms with Crippen molar-refractivity contribution >= 4 is 11.6 Å². The Morgan fingerprint density at radius 2 is 1.28 bits per heavy atom. The maximum atomic E-state index is 11.9. The zero-order valence-electron chi connectivity index (χ0n) is 9.84. The molecule has 1 heterocycles. The summed E-state index contributed by atoms with van der Waals surface area (Å²) in [5.74, 6) is 0.107. The van der Waals surface area contributed by atoms with Crippen molar-refractivity contribution in [3.05, 3.63) is 56.8 Å². The van der Waals surface area contributed by atoms with Crippen LogP contribution in [0.3, 0.4) is 0 Å². The molecule has 0 aliphatic carbocycles. The summed E-state index contributed by atoms with van der Waals surface area (Å²) in [6, 6.07) is 0. The highest BCUT2D eigenvalue weighted by Crippen LogP contribution is 1.81. The summed E-state index contributed by atoms with van der Waals surface area (Å²) < 4.78 is 2.80. The molecule has 0 unspecified atom stereocenters. The van der Waals surface area contributed by atoms with Crippen molar-refractivity contribution in [1.29, 1.82) is 0 Å². The maximum Gasteiger partial charge on any atom is 0.336 e. The van der Waals surface area contributed by atoms with E-state index in [-0.39, 0.29) is 25.5 Å². The van der Waals surface area contributed by atoms with Crippen LogP contribution < -0.4 is 17.1 Å². The van der Waals surface area contributed by atoms with Crippen molar-refractivity contribution in [1.82, 2.24) is 13.7 Å². The van der Waals surface area contributed by atoms with Gasteiger partial charge in [0.2, 0.25) is 0 Å². The molecule has 0 amide bonds. The summed E-state index contributed by atoms with van der Waals surface area (Å²) in [6.45, 7) is 7.07. The zero-order chi connectivity index (χ0) is 13.7. The number of allylic oxidation sites excluding steroid dienone is 2. The van der Waals surface area contributed by atoms with Crippen LogP contribution in [0.25, 0.3) is 0 Å². The van der Waals surface area contributed by atoms with Gasteiger partial charge in [0.15, 0.2) is 0 Å². The van der Waals surface area contributed by atoms with Crippen molar-refractivity contribution in [3.8, 4) is 0 Å². The van der Waals surface area contributed by atoms with Crippen LogP contribution in [0.4, 0.5) is 0 Å². The number of aromatic nitrogens is 3. The van der Waals surface area contributed by atoms with E-state index in [1.54, 1.807) is 0 Å². The van der Waals surface area contributed by atoms with E-state index in [1.165, 1.54) is 12.2 Å². The molecule has 0 fully saturated rings. The molecular weight excluding hydrogens is 258 g/mol. The van der Waals surface area contributed by atoms with Crippen LogP contribution in [-0.4, -0.2) is 19.6 Å². The molecule has 0 aliphatic heterocycles. The summed E-state index contributed by atoms with van der Waals surface area (Å²) in [5.41, 5.74) is -2.02. The van der Waals surface area contributed by atoms with Crippen molar-refractivity contribution in [2.24, 2.45) is 0 Å². The van der Waals surface area contributed by atoms with E-state index in [4.69, 9.17) is 11.6 Å². The third-order valence-electron chi connectivity index (χ3n) is 2.32. The summed E-state index contributed by atoms with van der Waals surface area (Å²) in [6.07, 6.45) is 2.83. The fourth-order valence-electron chi connectivity index (χ4n) is 1.53. The Labute approximate surface area is 108 Å². The lowest BCUT2D eigenvalue weighted by molar-refractivity contribution is 0.492. The van der Waals surface area contributed by atoms with Gasteiger partial charge in [-0.05, 0) is 0 Å².